The van der Waals surface area contributed by atoms with Crippen LogP contribution in [0.5, 0.6) is 0 Å². The fourth-order valence-electron chi connectivity index (χ4n) is 1.76. The number of benzene rings is 2. The Balaban J connectivity index is 2.40. The molecule has 0 atom stereocenters. The van der Waals surface area contributed by atoms with Crippen LogP contribution in [0.3, 0.4) is 0 Å². The van der Waals surface area contributed by atoms with Gasteiger partial charge in [-0.1, -0.05) is 36.3 Å². The van der Waals surface area contributed by atoms with Gasteiger partial charge in [0.2, 0.25) is 0 Å². The third-order valence-corrected chi connectivity index (χ3v) is 3.57. The smallest absolute Gasteiger partial charge is 0.259 e. The van der Waals surface area contributed by atoms with Crippen molar-refractivity contribution in [2.24, 2.45) is 0 Å². The zero-order chi connectivity index (χ0) is 13.7. The molecule has 2 aromatic carbocycles. The number of carbonyl (C=O) groups is 1. The van der Waals surface area contributed by atoms with Gasteiger partial charge in [0.25, 0.3) is 5.91 Å². The van der Waals surface area contributed by atoms with Crippen LogP contribution in [0.1, 0.15) is 10.4 Å². The number of terminal acetylenes is 1. The summed E-state index contributed by atoms with van der Waals surface area (Å²) in [6.45, 7) is 0.258. The number of hydrogen-bond acceptors (Lipinski definition) is 1. The van der Waals surface area contributed by atoms with Crippen LogP contribution >= 0.6 is 22.6 Å². The predicted molar refractivity (Wildman–Crippen MR) is 86.1 cm³/mol. The fourth-order valence-corrected chi connectivity index (χ4v) is 2.44. The minimum absolute atomic E-state index is 0.0809. The molecule has 0 bridgehead atoms. The summed E-state index contributed by atoms with van der Waals surface area (Å²) in [4.78, 5) is 14.1. The van der Waals surface area contributed by atoms with Crippen molar-refractivity contribution in [3.8, 4) is 12.3 Å². The standard InChI is InChI=1S/C16H12INO/c1-2-12-18(15-11-7-6-10-14(15)17)16(19)13-8-4-3-5-9-13/h1,3-11H,12H2. The summed E-state index contributed by atoms with van der Waals surface area (Å²) in [5.41, 5.74) is 1.48. The van der Waals surface area contributed by atoms with Gasteiger partial charge in [-0.2, -0.15) is 0 Å². The van der Waals surface area contributed by atoms with E-state index in [1.54, 1.807) is 17.0 Å². The molecule has 0 unspecified atom stereocenters. The monoisotopic (exact) mass is 361 g/mol. The number of anilines is 1. The predicted octanol–water partition coefficient (Wildman–Crippen LogP) is 3.57. The topological polar surface area (TPSA) is 20.3 Å². The molecule has 0 spiro atoms. The maximum atomic E-state index is 12.5. The van der Waals surface area contributed by atoms with Crippen LogP contribution in [-0.2, 0) is 0 Å². The maximum absolute atomic E-state index is 12.5. The highest BCUT2D eigenvalue weighted by Crippen LogP contribution is 2.23. The molecule has 0 saturated carbocycles. The van der Waals surface area contributed by atoms with Gasteiger partial charge in [0.1, 0.15) is 0 Å². The number of hydrogen-bond donors (Lipinski definition) is 0. The van der Waals surface area contributed by atoms with E-state index >= 15 is 0 Å². The van der Waals surface area contributed by atoms with Crippen molar-refractivity contribution in [2.75, 3.05) is 11.4 Å². The molecule has 0 fully saturated rings. The van der Waals surface area contributed by atoms with Crippen molar-refractivity contribution in [1.29, 1.82) is 0 Å². The first-order valence-electron chi connectivity index (χ1n) is 5.79. The Hall–Kier alpha value is -1.80. The second-order valence-electron chi connectivity index (χ2n) is 3.91. The van der Waals surface area contributed by atoms with Crippen molar-refractivity contribution in [3.63, 3.8) is 0 Å². The van der Waals surface area contributed by atoms with Crippen molar-refractivity contribution in [3.05, 3.63) is 63.7 Å². The lowest BCUT2D eigenvalue weighted by molar-refractivity contribution is 0.0990. The zero-order valence-corrected chi connectivity index (χ0v) is 12.4. The lowest BCUT2D eigenvalue weighted by atomic mass is 10.2. The molecule has 0 saturated heterocycles. The average molecular weight is 361 g/mol. The summed E-state index contributed by atoms with van der Waals surface area (Å²) in [6.07, 6.45) is 5.39. The van der Waals surface area contributed by atoms with Crippen LogP contribution in [0, 0.1) is 15.9 Å². The first-order valence-corrected chi connectivity index (χ1v) is 6.87. The quantitative estimate of drug-likeness (QED) is 0.605. The number of halogens is 1. The van der Waals surface area contributed by atoms with Crippen molar-refractivity contribution in [1.82, 2.24) is 0 Å². The van der Waals surface area contributed by atoms with Crippen LogP contribution in [0.25, 0.3) is 0 Å². The molecule has 3 heteroatoms. The van der Waals surface area contributed by atoms with Gasteiger partial charge >= 0.3 is 0 Å². The molecule has 2 rings (SSSR count). The lowest BCUT2D eigenvalue weighted by Gasteiger charge is -2.21. The maximum Gasteiger partial charge on any atom is 0.259 e. The van der Waals surface area contributed by atoms with Crippen LogP contribution in [0.15, 0.2) is 54.6 Å². The Morgan fingerprint density at radius 3 is 2.37 bits per heavy atom. The molecule has 94 valence electrons. The number of nitrogens with zero attached hydrogens (tertiary/aromatic N) is 1. The van der Waals surface area contributed by atoms with E-state index in [1.165, 1.54) is 0 Å². The van der Waals surface area contributed by atoms with Crippen LogP contribution in [-0.4, -0.2) is 12.5 Å². The van der Waals surface area contributed by atoms with Gasteiger partial charge in [-0.3, -0.25) is 9.69 Å². The highest BCUT2D eigenvalue weighted by Gasteiger charge is 2.18. The molecular formula is C16H12INO. The summed E-state index contributed by atoms with van der Waals surface area (Å²) in [5.74, 6) is 2.47. The Morgan fingerprint density at radius 1 is 1.11 bits per heavy atom. The third kappa shape index (κ3) is 3.15. The Labute approximate surface area is 126 Å². The van der Waals surface area contributed by atoms with Gasteiger partial charge in [0.15, 0.2) is 0 Å². The molecular weight excluding hydrogens is 349 g/mol. The number of rotatable bonds is 3. The Morgan fingerprint density at radius 2 is 1.74 bits per heavy atom. The molecule has 0 aliphatic rings. The Bertz CT molecular complexity index is 616. The van der Waals surface area contributed by atoms with Crippen molar-refractivity contribution < 1.29 is 4.79 Å². The van der Waals surface area contributed by atoms with Gasteiger partial charge < -0.3 is 0 Å². The molecule has 0 radical (unpaired) electrons. The summed E-state index contributed by atoms with van der Waals surface area (Å²) >= 11 is 2.21. The normalized spacial score (nSPS) is 9.68. The van der Waals surface area contributed by atoms with E-state index in [0.717, 1.165) is 9.26 Å². The molecule has 1 amide bonds. The van der Waals surface area contributed by atoms with Crippen LogP contribution in [0.4, 0.5) is 5.69 Å². The molecule has 0 heterocycles. The molecule has 0 aliphatic heterocycles. The number of amides is 1. The summed E-state index contributed by atoms with van der Waals surface area (Å²) < 4.78 is 1.000. The second-order valence-corrected chi connectivity index (χ2v) is 5.08. The number of para-hydroxylation sites is 1. The zero-order valence-electron chi connectivity index (χ0n) is 10.2. The SMILES string of the molecule is C#CCN(C(=O)c1ccccc1)c1ccccc1I. The third-order valence-electron chi connectivity index (χ3n) is 2.66. The molecule has 2 aromatic rings. The summed E-state index contributed by atoms with van der Waals surface area (Å²) in [7, 11) is 0. The minimum atomic E-state index is -0.0809. The second kappa shape index (κ2) is 6.39. The van der Waals surface area contributed by atoms with E-state index in [9.17, 15) is 4.79 Å². The molecule has 0 aliphatic carbocycles. The summed E-state index contributed by atoms with van der Waals surface area (Å²) in [5, 5.41) is 0. The Kier molecular flexibility index (Phi) is 4.58. The summed E-state index contributed by atoms with van der Waals surface area (Å²) in [6, 6.07) is 16.9. The largest absolute Gasteiger partial charge is 0.296 e. The van der Waals surface area contributed by atoms with E-state index in [2.05, 4.69) is 28.5 Å². The van der Waals surface area contributed by atoms with Gasteiger partial charge in [-0.15, -0.1) is 6.42 Å². The highest BCUT2D eigenvalue weighted by molar-refractivity contribution is 14.1. The molecule has 0 N–H and O–H groups in total. The lowest BCUT2D eigenvalue weighted by Crippen LogP contribution is -2.31. The van der Waals surface area contributed by atoms with Gasteiger partial charge in [-0.05, 0) is 46.9 Å². The first-order chi connectivity index (χ1) is 9.24. The minimum Gasteiger partial charge on any atom is -0.296 e. The van der Waals surface area contributed by atoms with E-state index in [-0.39, 0.29) is 12.5 Å². The van der Waals surface area contributed by atoms with E-state index in [1.807, 2.05) is 42.5 Å². The van der Waals surface area contributed by atoms with Crippen LogP contribution < -0.4 is 4.90 Å². The fraction of sp³-hybridized carbons (Fsp3) is 0.0625. The highest BCUT2D eigenvalue weighted by atomic mass is 127. The van der Waals surface area contributed by atoms with Gasteiger partial charge in [0, 0.05) is 9.13 Å². The van der Waals surface area contributed by atoms with E-state index in [0.29, 0.717) is 5.56 Å². The average Bonchev–Trinajstić information content (AvgIpc) is 2.46. The molecule has 2 nitrogen and oxygen atoms in total. The number of carbonyl (C=O) groups excluding carboxylic acids is 1. The van der Waals surface area contributed by atoms with Crippen molar-refractivity contribution in [2.45, 2.75) is 0 Å². The van der Waals surface area contributed by atoms with Gasteiger partial charge in [-0.25, -0.2) is 0 Å². The van der Waals surface area contributed by atoms with E-state index < -0.39 is 0 Å². The van der Waals surface area contributed by atoms with E-state index in [4.69, 9.17) is 6.42 Å². The molecule has 0 aromatic heterocycles. The molecule has 19 heavy (non-hydrogen) atoms. The van der Waals surface area contributed by atoms with Crippen molar-refractivity contribution >= 4 is 34.2 Å². The van der Waals surface area contributed by atoms with Gasteiger partial charge in [0.05, 0.1) is 12.2 Å². The van der Waals surface area contributed by atoms with Crippen LogP contribution in [0.2, 0.25) is 0 Å². The first kappa shape index (κ1) is 13.6.